The van der Waals surface area contributed by atoms with Crippen LogP contribution >= 0.6 is 0 Å². The number of benzene rings is 1. The Labute approximate surface area is 170 Å². The second kappa shape index (κ2) is 6.41. The molecule has 3 fully saturated rings. The summed E-state index contributed by atoms with van der Waals surface area (Å²) < 4.78 is 11.2. The van der Waals surface area contributed by atoms with Crippen LogP contribution in [0.5, 0.6) is 5.75 Å². The summed E-state index contributed by atoms with van der Waals surface area (Å²) in [4.78, 5) is 14.9. The Morgan fingerprint density at radius 2 is 2.14 bits per heavy atom. The van der Waals surface area contributed by atoms with E-state index < -0.39 is 0 Å². The number of allylic oxidation sites excluding steroid dienone is 1. The lowest BCUT2D eigenvalue weighted by molar-refractivity contribution is 0.0922. The number of piperidine rings is 1. The van der Waals surface area contributed by atoms with Gasteiger partial charge in [-0.3, -0.25) is 4.79 Å². The van der Waals surface area contributed by atoms with E-state index in [0.717, 1.165) is 67.3 Å². The molecule has 0 bridgehead atoms. The number of fused-ring (bicyclic) bond motifs is 4. The summed E-state index contributed by atoms with van der Waals surface area (Å²) in [6, 6.07) is 10.2. The van der Waals surface area contributed by atoms with Gasteiger partial charge in [0.25, 0.3) is 5.91 Å². The van der Waals surface area contributed by atoms with E-state index >= 15 is 0 Å². The molecule has 1 saturated heterocycles. The second-order valence-electron chi connectivity index (χ2n) is 8.94. The number of nitrogens with zero attached hydrogens (tertiary/aromatic N) is 1. The fourth-order valence-electron chi connectivity index (χ4n) is 5.44. The normalized spacial score (nSPS) is 30.4. The molecule has 29 heavy (non-hydrogen) atoms. The van der Waals surface area contributed by atoms with Crippen LogP contribution in [0.1, 0.15) is 40.6 Å². The largest absolute Gasteiger partial charge is 0.497 e. The van der Waals surface area contributed by atoms with Gasteiger partial charge in [0.05, 0.1) is 7.11 Å². The number of amides is 1. The van der Waals surface area contributed by atoms with Crippen LogP contribution in [0, 0.1) is 23.7 Å². The Bertz CT molecular complexity index is 982. The van der Waals surface area contributed by atoms with Crippen molar-refractivity contribution in [2.75, 3.05) is 31.6 Å². The third kappa shape index (κ3) is 2.95. The van der Waals surface area contributed by atoms with Crippen LogP contribution in [-0.2, 0) is 0 Å². The molecule has 3 aliphatic carbocycles. The van der Waals surface area contributed by atoms with Crippen molar-refractivity contribution >= 4 is 17.7 Å². The van der Waals surface area contributed by atoms with Crippen LogP contribution in [0.25, 0.3) is 6.08 Å². The lowest BCUT2D eigenvalue weighted by atomic mass is 10.1. The van der Waals surface area contributed by atoms with Gasteiger partial charge in [-0.25, -0.2) is 0 Å². The first-order chi connectivity index (χ1) is 14.2. The fourth-order valence-corrected chi connectivity index (χ4v) is 5.44. The number of nitrogens with one attached hydrogen (secondary N) is 1. The van der Waals surface area contributed by atoms with Crippen molar-refractivity contribution in [2.24, 2.45) is 23.7 Å². The summed E-state index contributed by atoms with van der Waals surface area (Å²) in [6.45, 7) is 2.94. The lowest BCUT2D eigenvalue weighted by Crippen LogP contribution is -2.27. The lowest BCUT2D eigenvalue weighted by Gasteiger charge is -2.22. The van der Waals surface area contributed by atoms with Gasteiger partial charge in [0.1, 0.15) is 11.5 Å². The smallest absolute Gasteiger partial charge is 0.287 e. The van der Waals surface area contributed by atoms with E-state index in [-0.39, 0.29) is 5.91 Å². The summed E-state index contributed by atoms with van der Waals surface area (Å²) >= 11 is 0. The standard InChI is InChI=1S/C24H26N2O3/c1-28-17-4-2-3-16(11-17)26-12-20-18(21(20)13-26)7-8-25-24(27)22-10-15-6-5-14-9-19(14)23(15)29-22/h2-6,10-11,14,18-21H,7-9,12-13H2,1H3,(H,25,27)/t14?,18?,19?,20-,21+. The van der Waals surface area contributed by atoms with E-state index in [4.69, 9.17) is 9.15 Å². The molecule has 3 unspecified atom stereocenters. The van der Waals surface area contributed by atoms with Gasteiger partial charge in [-0.05, 0) is 54.7 Å². The molecule has 1 N–H and O–H groups in total. The molecule has 0 spiro atoms. The Morgan fingerprint density at radius 3 is 2.97 bits per heavy atom. The molecule has 4 aliphatic rings. The number of anilines is 1. The summed E-state index contributed by atoms with van der Waals surface area (Å²) in [7, 11) is 1.71. The number of rotatable bonds is 6. The minimum absolute atomic E-state index is 0.0752. The predicted octanol–water partition coefficient (Wildman–Crippen LogP) is 3.92. The number of hydrogen-bond donors (Lipinski definition) is 1. The van der Waals surface area contributed by atoms with Gasteiger partial charge >= 0.3 is 0 Å². The van der Waals surface area contributed by atoms with Gasteiger partial charge < -0.3 is 19.4 Å². The quantitative estimate of drug-likeness (QED) is 0.812. The van der Waals surface area contributed by atoms with E-state index in [1.165, 1.54) is 5.69 Å². The maximum absolute atomic E-state index is 12.5. The highest BCUT2D eigenvalue weighted by molar-refractivity contribution is 5.92. The first-order valence-corrected chi connectivity index (χ1v) is 10.7. The number of methoxy groups -OCH3 is 1. The van der Waals surface area contributed by atoms with Crippen LogP contribution in [0.3, 0.4) is 0 Å². The fraction of sp³-hybridized carbons (Fsp3) is 0.458. The van der Waals surface area contributed by atoms with Crippen LogP contribution in [0.15, 0.2) is 40.8 Å². The molecule has 5 heteroatoms. The van der Waals surface area contributed by atoms with Crippen molar-refractivity contribution in [3.63, 3.8) is 0 Å². The minimum Gasteiger partial charge on any atom is -0.497 e. The molecular weight excluding hydrogens is 364 g/mol. The van der Waals surface area contributed by atoms with Crippen molar-refractivity contribution in [1.29, 1.82) is 0 Å². The van der Waals surface area contributed by atoms with E-state index in [9.17, 15) is 4.79 Å². The average Bonchev–Trinajstić information content (AvgIpc) is 3.54. The van der Waals surface area contributed by atoms with Crippen LogP contribution in [0.2, 0.25) is 0 Å². The van der Waals surface area contributed by atoms with Gasteiger partial charge in [-0.15, -0.1) is 0 Å². The SMILES string of the molecule is COc1cccc(N2C[C@@H]3C(CCNC(=O)c4cc5c(o4)C4CC4C=C5)[C@@H]3C2)c1. The molecule has 0 radical (unpaired) electrons. The van der Waals surface area contributed by atoms with Crippen molar-refractivity contribution < 1.29 is 13.9 Å². The van der Waals surface area contributed by atoms with Crippen LogP contribution < -0.4 is 15.0 Å². The Kier molecular flexibility index (Phi) is 3.80. The van der Waals surface area contributed by atoms with Crippen molar-refractivity contribution in [1.82, 2.24) is 5.32 Å². The highest BCUT2D eigenvalue weighted by atomic mass is 16.5. The minimum atomic E-state index is -0.0752. The summed E-state index contributed by atoms with van der Waals surface area (Å²) in [5, 5.41) is 3.07. The molecule has 6 rings (SSSR count). The molecule has 1 aliphatic heterocycles. The topological polar surface area (TPSA) is 54.7 Å². The molecule has 1 aromatic heterocycles. The van der Waals surface area contributed by atoms with Gasteiger partial charge in [0.15, 0.2) is 5.76 Å². The maximum atomic E-state index is 12.5. The first kappa shape index (κ1) is 17.2. The Hall–Kier alpha value is -2.69. The molecule has 5 atom stereocenters. The van der Waals surface area contributed by atoms with E-state index in [1.807, 2.05) is 12.1 Å². The average molecular weight is 390 g/mol. The third-order valence-electron chi connectivity index (χ3n) is 7.27. The third-order valence-corrected chi connectivity index (χ3v) is 7.27. The number of carbonyl (C=O) groups is 1. The first-order valence-electron chi connectivity index (χ1n) is 10.7. The highest BCUT2D eigenvalue weighted by Gasteiger charge is 2.54. The van der Waals surface area contributed by atoms with Crippen molar-refractivity contribution in [3.8, 4) is 5.75 Å². The number of ether oxygens (including phenoxy) is 1. The summed E-state index contributed by atoms with van der Waals surface area (Å²) in [5.41, 5.74) is 2.33. The van der Waals surface area contributed by atoms with Gasteiger partial charge in [-0.2, -0.15) is 0 Å². The molecular formula is C24H26N2O3. The molecule has 1 amide bonds. The van der Waals surface area contributed by atoms with E-state index in [0.29, 0.717) is 17.6 Å². The van der Waals surface area contributed by atoms with Crippen molar-refractivity contribution in [2.45, 2.75) is 18.8 Å². The number of hydrogen-bond acceptors (Lipinski definition) is 4. The number of carbonyl (C=O) groups excluding carboxylic acids is 1. The zero-order valence-corrected chi connectivity index (χ0v) is 16.6. The molecule has 2 aromatic rings. The second-order valence-corrected chi connectivity index (χ2v) is 8.94. The zero-order valence-electron chi connectivity index (χ0n) is 16.6. The number of furan rings is 1. The van der Waals surface area contributed by atoms with E-state index in [2.05, 4.69) is 40.6 Å². The van der Waals surface area contributed by atoms with Gasteiger partial charge in [-0.1, -0.05) is 18.2 Å². The molecule has 150 valence electrons. The van der Waals surface area contributed by atoms with Crippen molar-refractivity contribution in [3.05, 3.63) is 53.5 Å². The zero-order chi connectivity index (χ0) is 19.5. The monoisotopic (exact) mass is 390 g/mol. The molecule has 1 aromatic carbocycles. The van der Waals surface area contributed by atoms with Gasteiger partial charge in [0.2, 0.25) is 0 Å². The van der Waals surface area contributed by atoms with Crippen LogP contribution in [0.4, 0.5) is 5.69 Å². The van der Waals surface area contributed by atoms with Crippen LogP contribution in [-0.4, -0.2) is 32.7 Å². The Morgan fingerprint density at radius 1 is 1.28 bits per heavy atom. The summed E-state index contributed by atoms with van der Waals surface area (Å²) in [6.07, 6.45) is 6.56. The highest BCUT2D eigenvalue weighted by Crippen LogP contribution is 2.54. The maximum Gasteiger partial charge on any atom is 0.287 e. The molecule has 5 nitrogen and oxygen atoms in total. The summed E-state index contributed by atoms with van der Waals surface area (Å²) in [5.74, 6) is 5.70. The predicted molar refractivity (Wildman–Crippen MR) is 111 cm³/mol. The van der Waals surface area contributed by atoms with Gasteiger partial charge in [0, 0.05) is 42.9 Å². The molecule has 2 saturated carbocycles. The Balaban J connectivity index is 0.990. The van der Waals surface area contributed by atoms with E-state index in [1.54, 1.807) is 7.11 Å². The molecule has 2 heterocycles.